The molecule has 0 bridgehead atoms. The van der Waals surface area contributed by atoms with E-state index < -0.39 is 6.10 Å². The van der Waals surface area contributed by atoms with Crippen molar-refractivity contribution in [2.75, 3.05) is 33.2 Å². The van der Waals surface area contributed by atoms with E-state index in [4.69, 9.17) is 4.84 Å². The fourth-order valence-electron chi connectivity index (χ4n) is 2.55. The molecule has 2 aliphatic rings. The zero-order valence-corrected chi connectivity index (χ0v) is 12.0. The minimum absolute atomic E-state index is 0.0102. The zero-order valence-electron chi connectivity index (χ0n) is 12.0. The Kier molecular flexibility index (Phi) is 3.88. The first-order chi connectivity index (χ1) is 10.1. The normalized spacial score (nSPS) is 22.9. The number of amides is 1. The molecule has 1 aromatic rings. The Bertz CT molecular complexity index is 551. The molecule has 0 saturated carbocycles. The molecule has 2 aliphatic heterocycles. The average molecular weight is 291 g/mol. The lowest BCUT2D eigenvalue weighted by Crippen LogP contribution is -2.50. The van der Waals surface area contributed by atoms with Crippen molar-refractivity contribution in [1.29, 1.82) is 0 Å². The Morgan fingerprint density at radius 3 is 2.57 bits per heavy atom. The van der Waals surface area contributed by atoms with Gasteiger partial charge in [-0.25, -0.2) is 4.39 Å². The first-order valence-corrected chi connectivity index (χ1v) is 7.09. The van der Waals surface area contributed by atoms with Crippen LogP contribution in [0.2, 0.25) is 0 Å². The van der Waals surface area contributed by atoms with Gasteiger partial charge >= 0.3 is 0 Å². The summed E-state index contributed by atoms with van der Waals surface area (Å²) < 4.78 is 12.9. The van der Waals surface area contributed by atoms with Crippen molar-refractivity contribution in [2.45, 2.75) is 12.5 Å². The number of halogens is 1. The summed E-state index contributed by atoms with van der Waals surface area (Å²) >= 11 is 0. The zero-order chi connectivity index (χ0) is 14.8. The minimum atomic E-state index is -0.548. The Labute approximate surface area is 123 Å². The standard InChI is InChI=1S/C15H18FN3O2/c1-18-6-8-19(9-7-18)15(20)14-10-13(17-21-14)11-2-4-12(16)5-3-11/h2-5,14H,6-10H2,1H3/t14-/m0/s1. The predicted molar refractivity (Wildman–Crippen MR) is 76.5 cm³/mol. The van der Waals surface area contributed by atoms with Crippen LogP contribution in [-0.4, -0.2) is 60.7 Å². The third kappa shape index (κ3) is 3.05. The molecule has 1 saturated heterocycles. The van der Waals surface area contributed by atoms with Gasteiger partial charge in [0.05, 0.1) is 5.71 Å². The van der Waals surface area contributed by atoms with Crippen molar-refractivity contribution < 1.29 is 14.0 Å². The Morgan fingerprint density at radius 2 is 1.90 bits per heavy atom. The number of hydrogen-bond acceptors (Lipinski definition) is 4. The molecular weight excluding hydrogens is 273 g/mol. The van der Waals surface area contributed by atoms with Crippen LogP contribution in [0.4, 0.5) is 4.39 Å². The second-order valence-electron chi connectivity index (χ2n) is 5.47. The maximum absolute atomic E-state index is 12.9. The van der Waals surface area contributed by atoms with Crippen LogP contribution in [-0.2, 0) is 9.63 Å². The van der Waals surface area contributed by atoms with Crippen molar-refractivity contribution in [1.82, 2.24) is 9.80 Å². The summed E-state index contributed by atoms with van der Waals surface area (Å²) in [5.41, 5.74) is 1.49. The summed E-state index contributed by atoms with van der Waals surface area (Å²) in [6.07, 6.45) is -0.106. The first-order valence-electron chi connectivity index (χ1n) is 7.09. The highest BCUT2D eigenvalue weighted by Gasteiger charge is 2.33. The Balaban J connectivity index is 1.60. The highest BCUT2D eigenvalue weighted by atomic mass is 19.1. The van der Waals surface area contributed by atoms with Crippen LogP contribution < -0.4 is 0 Å². The number of piperazine rings is 1. The van der Waals surface area contributed by atoms with Gasteiger partial charge in [-0.3, -0.25) is 4.79 Å². The lowest BCUT2D eigenvalue weighted by atomic mass is 10.0. The van der Waals surface area contributed by atoms with Crippen LogP contribution in [0.15, 0.2) is 29.4 Å². The van der Waals surface area contributed by atoms with Gasteiger partial charge in [-0.05, 0) is 24.7 Å². The van der Waals surface area contributed by atoms with Gasteiger partial charge in [0, 0.05) is 32.6 Å². The molecule has 5 nitrogen and oxygen atoms in total. The number of likely N-dealkylation sites (N-methyl/N-ethyl adjacent to an activating group) is 1. The van der Waals surface area contributed by atoms with E-state index >= 15 is 0 Å². The van der Waals surface area contributed by atoms with E-state index in [9.17, 15) is 9.18 Å². The van der Waals surface area contributed by atoms with Crippen molar-refractivity contribution in [3.8, 4) is 0 Å². The summed E-state index contributed by atoms with van der Waals surface area (Å²) in [5.74, 6) is -0.299. The van der Waals surface area contributed by atoms with E-state index in [0.717, 1.165) is 31.7 Å². The van der Waals surface area contributed by atoms with Gasteiger partial charge in [-0.15, -0.1) is 0 Å². The summed E-state index contributed by atoms with van der Waals surface area (Å²) in [7, 11) is 2.05. The van der Waals surface area contributed by atoms with Crippen molar-refractivity contribution in [3.63, 3.8) is 0 Å². The number of benzene rings is 1. The van der Waals surface area contributed by atoms with Gasteiger partial charge in [0.1, 0.15) is 5.82 Å². The second kappa shape index (κ2) is 5.81. The van der Waals surface area contributed by atoms with Gasteiger partial charge < -0.3 is 14.6 Å². The molecule has 0 aromatic heterocycles. The minimum Gasteiger partial charge on any atom is -0.382 e. The number of oxime groups is 1. The first kappa shape index (κ1) is 14.0. The third-order valence-corrected chi connectivity index (χ3v) is 3.94. The van der Waals surface area contributed by atoms with Crippen molar-refractivity contribution in [3.05, 3.63) is 35.6 Å². The molecule has 112 valence electrons. The molecular formula is C15H18FN3O2. The second-order valence-corrected chi connectivity index (χ2v) is 5.47. The van der Waals surface area contributed by atoms with E-state index in [-0.39, 0.29) is 11.7 Å². The highest BCUT2D eigenvalue weighted by molar-refractivity contribution is 6.04. The summed E-state index contributed by atoms with van der Waals surface area (Å²) in [6, 6.07) is 6.07. The van der Waals surface area contributed by atoms with Gasteiger partial charge in [-0.2, -0.15) is 0 Å². The fraction of sp³-hybridized carbons (Fsp3) is 0.467. The van der Waals surface area contributed by atoms with Crippen LogP contribution in [0.1, 0.15) is 12.0 Å². The summed E-state index contributed by atoms with van der Waals surface area (Å²) in [5, 5.41) is 3.98. The summed E-state index contributed by atoms with van der Waals surface area (Å²) in [4.78, 5) is 21.7. The number of carbonyl (C=O) groups excluding carboxylic acids is 1. The maximum Gasteiger partial charge on any atom is 0.266 e. The molecule has 0 spiro atoms. The van der Waals surface area contributed by atoms with E-state index in [1.807, 2.05) is 11.9 Å². The monoisotopic (exact) mass is 291 g/mol. The SMILES string of the molecule is CN1CCN(C(=O)[C@@H]2CC(c3ccc(F)cc3)=NO2)CC1. The molecule has 6 heteroatoms. The molecule has 1 fully saturated rings. The highest BCUT2D eigenvalue weighted by Crippen LogP contribution is 2.19. The molecule has 1 aromatic carbocycles. The predicted octanol–water partition coefficient (Wildman–Crippen LogP) is 1.09. The average Bonchev–Trinajstić information content (AvgIpc) is 2.98. The number of nitrogens with zero attached hydrogens (tertiary/aromatic N) is 3. The van der Waals surface area contributed by atoms with Crippen LogP contribution in [0.5, 0.6) is 0 Å². The molecule has 0 aliphatic carbocycles. The van der Waals surface area contributed by atoms with Gasteiger partial charge in [0.25, 0.3) is 5.91 Å². The molecule has 1 atom stereocenters. The lowest BCUT2D eigenvalue weighted by Gasteiger charge is -2.33. The van der Waals surface area contributed by atoms with Gasteiger partial charge in [0.15, 0.2) is 0 Å². The van der Waals surface area contributed by atoms with Crippen molar-refractivity contribution >= 4 is 11.6 Å². The summed E-state index contributed by atoms with van der Waals surface area (Å²) in [6.45, 7) is 3.20. The molecule has 2 heterocycles. The molecule has 3 rings (SSSR count). The molecule has 1 amide bonds. The lowest BCUT2D eigenvalue weighted by molar-refractivity contribution is -0.143. The van der Waals surface area contributed by atoms with Crippen LogP contribution in [0.25, 0.3) is 0 Å². The number of hydrogen-bond donors (Lipinski definition) is 0. The molecule has 21 heavy (non-hydrogen) atoms. The molecule has 0 N–H and O–H groups in total. The quantitative estimate of drug-likeness (QED) is 0.819. The third-order valence-electron chi connectivity index (χ3n) is 3.94. The van der Waals surface area contributed by atoms with Crippen LogP contribution >= 0.6 is 0 Å². The van der Waals surface area contributed by atoms with Crippen LogP contribution in [0, 0.1) is 5.82 Å². The van der Waals surface area contributed by atoms with Gasteiger partial charge in [-0.1, -0.05) is 17.3 Å². The van der Waals surface area contributed by atoms with Crippen LogP contribution in [0.3, 0.4) is 0 Å². The number of carbonyl (C=O) groups is 1. The fourth-order valence-corrected chi connectivity index (χ4v) is 2.55. The topological polar surface area (TPSA) is 45.1 Å². The molecule has 0 radical (unpaired) electrons. The Morgan fingerprint density at radius 1 is 1.24 bits per heavy atom. The Hall–Kier alpha value is -1.95. The van der Waals surface area contributed by atoms with E-state index in [1.54, 1.807) is 12.1 Å². The smallest absolute Gasteiger partial charge is 0.266 e. The maximum atomic E-state index is 12.9. The van der Waals surface area contributed by atoms with E-state index in [2.05, 4.69) is 10.1 Å². The van der Waals surface area contributed by atoms with Gasteiger partial charge in [0.2, 0.25) is 6.10 Å². The van der Waals surface area contributed by atoms with E-state index in [1.165, 1.54) is 12.1 Å². The molecule has 0 unspecified atom stereocenters. The largest absolute Gasteiger partial charge is 0.382 e. The van der Waals surface area contributed by atoms with E-state index in [0.29, 0.717) is 12.1 Å². The van der Waals surface area contributed by atoms with Crippen molar-refractivity contribution in [2.24, 2.45) is 5.16 Å². The number of rotatable bonds is 2.